The van der Waals surface area contributed by atoms with E-state index in [1.54, 1.807) is 0 Å². The number of rotatable bonds is 6. The van der Waals surface area contributed by atoms with Gasteiger partial charge in [0, 0.05) is 11.8 Å². The first-order valence-electron chi connectivity index (χ1n) is 16.2. The molecule has 8 rings (SSSR count). The summed E-state index contributed by atoms with van der Waals surface area (Å²) in [6, 6.07) is 45.0. The Kier molecular flexibility index (Phi) is 6.60. The Morgan fingerprint density at radius 3 is 1.59 bits per heavy atom. The fraction of sp³-hybridized carbons (Fsp3) is 0.182. The zero-order valence-electron chi connectivity index (χ0n) is 25.8. The van der Waals surface area contributed by atoms with Crippen molar-refractivity contribution in [2.75, 3.05) is 0 Å². The van der Waals surface area contributed by atoms with Gasteiger partial charge in [0.05, 0.1) is 0 Å². The molecule has 2 aliphatic rings. The number of allylic oxidation sites excluding steroid dienone is 2. The van der Waals surface area contributed by atoms with Gasteiger partial charge in [0.25, 0.3) is 0 Å². The molecule has 0 bridgehead atoms. The monoisotopic (exact) mass is 566 g/mol. The highest BCUT2D eigenvalue weighted by Gasteiger charge is 2.35. The average molecular weight is 567 g/mol. The fourth-order valence-electron chi connectivity index (χ4n) is 8.37. The molecule has 0 fully saturated rings. The Labute approximate surface area is 261 Å². The second kappa shape index (κ2) is 10.8. The van der Waals surface area contributed by atoms with Crippen molar-refractivity contribution < 1.29 is 0 Å². The van der Waals surface area contributed by atoms with Crippen molar-refractivity contribution in [3.8, 4) is 22.3 Å². The highest BCUT2D eigenvalue weighted by molar-refractivity contribution is 6.00. The molecule has 0 aromatic heterocycles. The molecule has 0 radical (unpaired) electrons. The van der Waals surface area contributed by atoms with Crippen molar-refractivity contribution in [2.24, 2.45) is 5.92 Å². The Hall–Kier alpha value is -4.68. The molecule has 0 heteroatoms. The van der Waals surface area contributed by atoms with E-state index in [1.807, 2.05) is 0 Å². The Morgan fingerprint density at radius 1 is 0.500 bits per heavy atom. The zero-order chi connectivity index (χ0) is 29.8. The summed E-state index contributed by atoms with van der Waals surface area (Å²) in [6.07, 6.45) is 7.30. The first kappa shape index (κ1) is 26.9. The first-order chi connectivity index (χ1) is 21.6. The first-order valence-corrected chi connectivity index (χ1v) is 16.2. The van der Waals surface area contributed by atoms with E-state index >= 15 is 0 Å². The maximum absolute atomic E-state index is 2.49. The van der Waals surface area contributed by atoms with Gasteiger partial charge in [0.2, 0.25) is 0 Å². The summed E-state index contributed by atoms with van der Waals surface area (Å²) in [5.74, 6) is 1.46. The molecular formula is C44H38. The lowest BCUT2D eigenvalue weighted by atomic mass is 9.75. The molecule has 6 aromatic rings. The summed E-state index contributed by atoms with van der Waals surface area (Å²) in [5, 5.41) is 5.26. The molecule has 3 unspecified atom stereocenters. The van der Waals surface area contributed by atoms with E-state index in [2.05, 4.69) is 154 Å². The van der Waals surface area contributed by atoms with E-state index in [9.17, 15) is 0 Å². The molecule has 214 valence electrons. The molecule has 2 aliphatic carbocycles. The molecule has 6 aromatic carbocycles. The molecule has 0 aliphatic heterocycles. The van der Waals surface area contributed by atoms with E-state index in [1.165, 1.54) is 83.6 Å². The van der Waals surface area contributed by atoms with Gasteiger partial charge >= 0.3 is 0 Å². The molecule has 0 amide bonds. The van der Waals surface area contributed by atoms with E-state index in [0.29, 0.717) is 17.8 Å². The largest absolute Gasteiger partial charge is 0.0652 e. The van der Waals surface area contributed by atoms with Crippen LogP contribution in [0.2, 0.25) is 0 Å². The van der Waals surface area contributed by atoms with Crippen LogP contribution in [0.3, 0.4) is 0 Å². The van der Waals surface area contributed by atoms with Crippen LogP contribution in [0, 0.1) is 5.92 Å². The molecule has 44 heavy (non-hydrogen) atoms. The zero-order valence-corrected chi connectivity index (χ0v) is 25.8. The molecule has 0 nitrogen and oxygen atoms in total. The molecule has 0 spiro atoms. The van der Waals surface area contributed by atoms with Crippen LogP contribution in [-0.4, -0.2) is 0 Å². The van der Waals surface area contributed by atoms with Crippen LogP contribution in [0.5, 0.6) is 0 Å². The number of hydrogen-bond acceptors (Lipinski definition) is 0. The van der Waals surface area contributed by atoms with Crippen molar-refractivity contribution in [1.29, 1.82) is 0 Å². The molecule has 0 saturated heterocycles. The summed E-state index contributed by atoms with van der Waals surface area (Å²) >= 11 is 0. The summed E-state index contributed by atoms with van der Waals surface area (Å²) in [4.78, 5) is 0. The lowest BCUT2D eigenvalue weighted by molar-refractivity contribution is 0.400. The van der Waals surface area contributed by atoms with Crippen LogP contribution in [0.15, 0.2) is 132 Å². The Bertz CT molecular complexity index is 2110. The van der Waals surface area contributed by atoms with Crippen molar-refractivity contribution in [2.45, 2.75) is 45.4 Å². The van der Waals surface area contributed by atoms with Crippen LogP contribution in [-0.2, 0) is 0 Å². The minimum Gasteiger partial charge on any atom is -0.0652 e. The molecule has 0 heterocycles. The summed E-state index contributed by atoms with van der Waals surface area (Å²) in [7, 11) is 0. The van der Waals surface area contributed by atoms with E-state index < -0.39 is 0 Å². The highest BCUT2D eigenvalue weighted by atomic mass is 14.4. The van der Waals surface area contributed by atoms with Crippen LogP contribution >= 0.6 is 0 Å². The number of fused-ring (bicyclic) bond motifs is 4. The lowest BCUT2D eigenvalue weighted by Gasteiger charge is -2.29. The van der Waals surface area contributed by atoms with Gasteiger partial charge in [-0.05, 0) is 92.2 Å². The van der Waals surface area contributed by atoms with Gasteiger partial charge < -0.3 is 0 Å². The third kappa shape index (κ3) is 4.27. The second-order valence-electron chi connectivity index (χ2n) is 12.9. The van der Waals surface area contributed by atoms with Crippen molar-refractivity contribution in [3.05, 3.63) is 155 Å². The third-order valence-corrected chi connectivity index (χ3v) is 10.5. The minimum atomic E-state index is 0.447. The molecule has 0 N–H and O–H groups in total. The lowest BCUT2D eigenvalue weighted by Crippen LogP contribution is -2.16. The number of hydrogen-bond donors (Lipinski definition) is 0. The smallest absolute Gasteiger partial charge is 0.00833 e. The van der Waals surface area contributed by atoms with Crippen LogP contribution in [0.25, 0.3) is 56.0 Å². The Morgan fingerprint density at radius 2 is 0.977 bits per heavy atom. The molecule has 0 saturated carbocycles. The van der Waals surface area contributed by atoms with Crippen LogP contribution in [0.4, 0.5) is 0 Å². The average Bonchev–Trinajstić information content (AvgIpc) is 3.57. The third-order valence-electron chi connectivity index (χ3n) is 10.5. The maximum Gasteiger partial charge on any atom is 0.00833 e. The predicted octanol–water partition coefficient (Wildman–Crippen LogP) is 12.4. The Balaban J connectivity index is 1.16. The van der Waals surface area contributed by atoms with Crippen molar-refractivity contribution in [1.82, 2.24) is 0 Å². The minimum absolute atomic E-state index is 0.447. The highest BCUT2D eigenvalue weighted by Crippen LogP contribution is 2.51. The normalized spacial score (nSPS) is 17.8. The van der Waals surface area contributed by atoms with Crippen molar-refractivity contribution >= 4 is 33.7 Å². The summed E-state index contributed by atoms with van der Waals surface area (Å²) in [6.45, 7) is 7.12. The van der Waals surface area contributed by atoms with Crippen molar-refractivity contribution in [3.63, 3.8) is 0 Å². The topological polar surface area (TPSA) is 0 Å². The summed E-state index contributed by atoms with van der Waals surface area (Å²) in [5.41, 5.74) is 14.2. The van der Waals surface area contributed by atoms with Crippen LogP contribution in [0.1, 0.15) is 67.7 Å². The van der Waals surface area contributed by atoms with Gasteiger partial charge in [-0.2, -0.15) is 0 Å². The van der Waals surface area contributed by atoms with E-state index in [0.717, 1.165) is 6.42 Å². The van der Waals surface area contributed by atoms with Gasteiger partial charge in [-0.3, -0.25) is 0 Å². The van der Waals surface area contributed by atoms with Gasteiger partial charge in [0.15, 0.2) is 0 Å². The summed E-state index contributed by atoms with van der Waals surface area (Å²) < 4.78 is 0. The van der Waals surface area contributed by atoms with Crippen LogP contribution < -0.4 is 0 Å². The van der Waals surface area contributed by atoms with Gasteiger partial charge in [-0.25, -0.2) is 0 Å². The van der Waals surface area contributed by atoms with Gasteiger partial charge in [0.1, 0.15) is 0 Å². The molecule has 3 atom stereocenters. The number of benzene rings is 6. The quantitative estimate of drug-likeness (QED) is 0.188. The van der Waals surface area contributed by atoms with Gasteiger partial charge in [-0.1, -0.05) is 158 Å². The van der Waals surface area contributed by atoms with Gasteiger partial charge in [-0.15, -0.1) is 0 Å². The predicted molar refractivity (Wildman–Crippen MR) is 190 cm³/mol. The van der Waals surface area contributed by atoms with E-state index in [4.69, 9.17) is 0 Å². The molecular weight excluding hydrogens is 528 g/mol. The van der Waals surface area contributed by atoms with E-state index in [-0.39, 0.29) is 0 Å². The maximum atomic E-state index is 2.49. The fourth-order valence-corrected chi connectivity index (χ4v) is 8.37. The standard InChI is InChI=1S/C44H38/c1-4-30(44-29(3)26-43-38(22-12-24-40(43)44)36-20-10-16-32-14-6-8-18-34(32)36)27-41-28(2)25-42-37(21-11-23-39(41)42)35-19-9-15-31-13-5-7-17-33(31)35/h5-26,30,41,44H,4,27H2,1-3H3. The second-order valence-corrected chi connectivity index (χ2v) is 12.9. The SMILES string of the molecule is CCC(CC1C(C)=Cc2c(-c3cccc4ccccc34)cccc21)C1C(C)=Cc2c(-c3cccc4ccccc34)cccc21.